The van der Waals surface area contributed by atoms with Gasteiger partial charge in [0, 0.05) is 49.1 Å². The third-order valence-electron chi connectivity index (χ3n) is 11.8. The van der Waals surface area contributed by atoms with E-state index in [1.807, 2.05) is 0 Å². The second-order valence-electron chi connectivity index (χ2n) is 14.8. The first kappa shape index (κ1) is 31.0. The van der Waals surface area contributed by atoms with E-state index in [1.54, 1.807) is 0 Å². The Hall–Kier alpha value is -7.42. The molecule has 56 heavy (non-hydrogen) atoms. The van der Waals surface area contributed by atoms with Gasteiger partial charge in [0.1, 0.15) is 0 Å². The van der Waals surface area contributed by atoms with Crippen LogP contribution in [0.15, 0.2) is 206 Å². The van der Waals surface area contributed by atoms with Crippen molar-refractivity contribution in [2.45, 2.75) is 0 Å². The van der Waals surface area contributed by atoms with Gasteiger partial charge in [-0.15, -0.1) is 0 Å². The maximum Gasteiger partial charge on any atom is 0.0626 e. The Morgan fingerprint density at radius 1 is 0.232 bits per heavy atom. The molecular formula is C54H34N2. The van der Waals surface area contributed by atoms with Gasteiger partial charge in [-0.25, -0.2) is 0 Å². The molecule has 2 aromatic heterocycles. The Morgan fingerprint density at radius 2 is 0.607 bits per heavy atom. The van der Waals surface area contributed by atoms with Crippen LogP contribution in [-0.2, 0) is 0 Å². The van der Waals surface area contributed by atoms with Crippen molar-refractivity contribution in [1.82, 2.24) is 9.13 Å². The number of hydrogen-bond donors (Lipinski definition) is 0. The van der Waals surface area contributed by atoms with Gasteiger partial charge in [0.15, 0.2) is 0 Å². The van der Waals surface area contributed by atoms with Gasteiger partial charge in [-0.05, 0) is 80.9 Å². The normalized spacial score (nSPS) is 11.9. The monoisotopic (exact) mass is 710 g/mol. The summed E-state index contributed by atoms with van der Waals surface area (Å²) in [6.45, 7) is 0. The van der Waals surface area contributed by atoms with E-state index in [9.17, 15) is 0 Å². The van der Waals surface area contributed by atoms with Crippen LogP contribution in [0, 0.1) is 0 Å². The molecule has 0 bridgehead atoms. The molecule has 2 nitrogen and oxygen atoms in total. The molecule has 2 heteroatoms. The second-order valence-corrected chi connectivity index (χ2v) is 14.8. The van der Waals surface area contributed by atoms with E-state index in [0.717, 1.165) is 11.4 Å². The van der Waals surface area contributed by atoms with Gasteiger partial charge in [0.25, 0.3) is 0 Å². The highest BCUT2D eigenvalue weighted by molar-refractivity contribution is 6.45. The van der Waals surface area contributed by atoms with Crippen molar-refractivity contribution in [1.29, 1.82) is 0 Å². The highest BCUT2D eigenvalue weighted by atomic mass is 15.0. The fourth-order valence-electron chi connectivity index (χ4n) is 9.55. The van der Waals surface area contributed by atoms with Crippen molar-refractivity contribution < 1.29 is 0 Å². The van der Waals surface area contributed by atoms with E-state index in [2.05, 4.69) is 215 Å². The maximum absolute atomic E-state index is 2.54. The summed E-state index contributed by atoms with van der Waals surface area (Å²) >= 11 is 0. The standard InChI is InChI=1S/C54H34N2/c1-4-18-35(19-5-1)37-32-38(36-20-6-2-7-21-36)34-40(33-37)56-48-31-17-15-29-46(48)51-52-49(42-25-11-13-27-44(42)54(51)56)41-24-10-12-26-43(41)53-50(52)45-28-14-16-30-47(45)55(53)39-22-8-3-9-23-39/h1-34H. The number of para-hydroxylation sites is 3. The van der Waals surface area contributed by atoms with Crippen LogP contribution in [0.2, 0.25) is 0 Å². The molecule has 0 atom stereocenters. The average Bonchev–Trinajstić information content (AvgIpc) is 3.81. The van der Waals surface area contributed by atoms with Crippen molar-refractivity contribution in [3.05, 3.63) is 206 Å². The van der Waals surface area contributed by atoms with Crippen LogP contribution in [0.4, 0.5) is 0 Å². The maximum atomic E-state index is 2.54. The Balaban J connectivity index is 1.35. The van der Waals surface area contributed by atoms with Crippen LogP contribution in [-0.4, -0.2) is 9.13 Å². The third-order valence-corrected chi connectivity index (χ3v) is 11.8. The van der Waals surface area contributed by atoms with Gasteiger partial charge < -0.3 is 9.13 Å². The lowest BCUT2D eigenvalue weighted by Crippen LogP contribution is -1.97. The Bertz CT molecular complexity index is 3440. The lowest BCUT2D eigenvalue weighted by atomic mass is 9.89. The lowest BCUT2D eigenvalue weighted by Gasteiger charge is -2.17. The molecule has 0 spiro atoms. The highest BCUT2D eigenvalue weighted by Gasteiger charge is 2.26. The molecule has 0 N–H and O–H groups in total. The van der Waals surface area contributed by atoms with Gasteiger partial charge >= 0.3 is 0 Å². The number of fused-ring (bicyclic) bond motifs is 15. The molecule has 260 valence electrons. The molecule has 0 aliphatic carbocycles. The van der Waals surface area contributed by atoms with Crippen molar-refractivity contribution >= 4 is 75.9 Å². The molecule has 0 aliphatic rings. The first-order valence-electron chi connectivity index (χ1n) is 19.4. The summed E-state index contributed by atoms with van der Waals surface area (Å²) in [5.74, 6) is 0. The molecule has 10 aromatic carbocycles. The molecule has 0 radical (unpaired) electrons. The minimum absolute atomic E-state index is 1.14. The van der Waals surface area contributed by atoms with Crippen molar-refractivity contribution in [2.24, 2.45) is 0 Å². The zero-order chi connectivity index (χ0) is 36.7. The topological polar surface area (TPSA) is 9.86 Å². The molecule has 0 fully saturated rings. The number of rotatable bonds is 4. The van der Waals surface area contributed by atoms with Crippen molar-refractivity contribution in [2.75, 3.05) is 0 Å². The van der Waals surface area contributed by atoms with Crippen LogP contribution in [0.5, 0.6) is 0 Å². The summed E-state index contributed by atoms with van der Waals surface area (Å²) in [6, 6.07) is 75.6. The average molecular weight is 711 g/mol. The lowest BCUT2D eigenvalue weighted by molar-refractivity contribution is 1.19. The Labute approximate surface area is 323 Å². The highest BCUT2D eigenvalue weighted by Crippen LogP contribution is 2.50. The van der Waals surface area contributed by atoms with Gasteiger partial charge in [-0.3, -0.25) is 0 Å². The second kappa shape index (κ2) is 12.0. The third kappa shape index (κ3) is 4.38. The first-order chi connectivity index (χ1) is 27.8. The van der Waals surface area contributed by atoms with Crippen LogP contribution in [0.25, 0.3) is 110 Å². The molecule has 2 heterocycles. The fourth-order valence-corrected chi connectivity index (χ4v) is 9.55. The van der Waals surface area contributed by atoms with E-state index in [4.69, 9.17) is 0 Å². The molecular weight excluding hydrogens is 677 g/mol. The van der Waals surface area contributed by atoms with E-state index in [1.165, 1.54) is 98.2 Å². The van der Waals surface area contributed by atoms with Gasteiger partial charge in [0.2, 0.25) is 0 Å². The summed E-state index contributed by atoms with van der Waals surface area (Å²) in [6.07, 6.45) is 0. The number of benzene rings is 10. The molecule has 12 aromatic rings. The Morgan fingerprint density at radius 3 is 1.09 bits per heavy atom. The van der Waals surface area contributed by atoms with E-state index >= 15 is 0 Å². The molecule has 0 saturated carbocycles. The SMILES string of the molecule is c1ccc(-c2cc(-c3ccccc3)cc(-n3c4ccccc4c4c5c(c6ccccc6c6c5c5ccccc5n6-c5ccccc5)c5ccccc5c43)c2)cc1. The van der Waals surface area contributed by atoms with Crippen LogP contribution in [0.1, 0.15) is 0 Å². The zero-order valence-corrected chi connectivity index (χ0v) is 30.5. The Kier molecular flexibility index (Phi) is 6.66. The molecule has 0 unspecified atom stereocenters. The van der Waals surface area contributed by atoms with Gasteiger partial charge in [0.05, 0.1) is 22.1 Å². The summed E-state index contributed by atoms with van der Waals surface area (Å²) in [5, 5.41) is 12.7. The summed E-state index contributed by atoms with van der Waals surface area (Å²) in [4.78, 5) is 0. The van der Waals surface area contributed by atoms with Crippen LogP contribution < -0.4 is 0 Å². The van der Waals surface area contributed by atoms with E-state index in [0.29, 0.717) is 0 Å². The quantitative estimate of drug-likeness (QED) is 0.161. The van der Waals surface area contributed by atoms with Crippen LogP contribution >= 0.6 is 0 Å². The molecule has 0 amide bonds. The largest absolute Gasteiger partial charge is 0.309 e. The number of nitrogens with zero attached hydrogens (tertiary/aromatic N) is 2. The zero-order valence-electron chi connectivity index (χ0n) is 30.5. The fraction of sp³-hybridized carbons (Fsp3) is 0. The first-order valence-corrected chi connectivity index (χ1v) is 19.4. The minimum atomic E-state index is 1.14. The summed E-state index contributed by atoms with van der Waals surface area (Å²) < 4.78 is 5.03. The van der Waals surface area contributed by atoms with E-state index in [-0.39, 0.29) is 0 Å². The summed E-state index contributed by atoms with van der Waals surface area (Å²) in [7, 11) is 0. The molecule has 0 saturated heterocycles. The van der Waals surface area contributed by atoms with E-state index < -0.39 is 0 Å². The smallest absolute Gasteiger partial charge is 0.0626 e. The number of aromatic nitrogens is 2. The summed E-state index contributed by atoms with van der Waals surface area (Å²) in [5.41, 5.74) is 12.0. The molecule has 12 rings (SSSR count). The minimum Gasteiger partial charge on any atom is -0.309 e. The van der Waals surface area contributed by atoms with Gasteiger partial charge in [-0.1, -0.05) is 164 Å². The van der Waals surface area contributed by atoms with Gasteiger partial charge in [-0.2, -0.15) is 0 Å². The van der Waals surface area contributed by atoms with Crippen molar-refractivity contribution in [3.8, 4) is 33.6 Å². The predicted molar refractivity (Wildman–Crippen MR) is 239 cm³/mol. The number of hydrogen-bond acceptors (Lipinski definition) is 0. The molecule has 0 aliphatic heterocycles. The van der Waals surface area contributed by atoms with Crippen molar-refractivity contribution in [3.63, 3.8) is 0 Å². The van der Waals surface area contributed by atoms with Crippen LogP contribution in [0.3, 0.4) is 0 Å². The predicted octanol–water partition coefficient (Wildman–Crippen LogP) is 14.7.